The molecule has 30 heavy (non-hydrogen) atoms. The van der Waals surface area contributed by atoms with Gasteiger partial charge in [0, 0.05) is 24.0 Å². The number of rotatable bonds is 2. The summed E-state index contributed by atoms with van der Waals surface area (Å²) in [6.45, 7) is 5.59. The lowest BCUT2D eigenvalue weighted by atomic mass is 9.97. The van der Waals surface area contributed by atoms with Gasteiger partial charge in [-0.05, 0) is 49.1 Å². The van der Waals surface area contributed by atoms with Gasteiger partial charge in [-0.1, -0.05) is 66.2 Å². The third-order valence-corrected chi connectivity index (χ3v) is 6.02. The Balaban J connectivity index is 1.60. The van der Waals surface area contributed by atoms with Gasteiger partial charge in [-0.25, -0.2) is 4.98 Å². The Morgan fingerprint density at radius 2 is 1.67 bits per heavy atom. The smallest absolute Gasteiger partial charge is 0.254 e. The number of benzene rings is 3. The molecule has 5 rings (SSSR count). The fraction of sp³-hybridized carbons (Fsp3) is 0.185. The Kier molecular flexibility index (Phi) is 4.59. The first-order chi connectivity index (χ1) is 14.6. The number of para-hydroxylation sites is 1. The molecular weight excluding hydrogens is 368 g/mol. The van der Waals surface area contributed by atoms with Gasteiger partial charge in [-0.2, -0.15) is 0 Å². The van der Waals surface area contributed by atoms with Crippen molar-refractivity contribution in [1.82, 2.24) is 9.88 Å². The molecule has 148 valence electrons. The van der Waals surface area contributed by atoms with E-state index in [1.807, 2.05) is 41.3 Å². The maximum Gasteiger partial charge on any atom is 0.254 e. The highest BCUT2D eigenvalue weighted by atomic mass is 16.2. The van der Waals surface area contributed by atoms with Crippen molar-refractivity contribution in [2.24, 2.45) is 0 Å². The molecule has 1 aliphatic rings. The van der Waals surface area contributed by atoms with E-state index in [4.69, 9.17) is 4.98 Å². The molecule has 1 amide bonds. The van der Waals surface area contributed by atoms with Crippen LogP contribution < -0.4 is 0 Å². The Bertz CT molecular complexity index is 1280. The molecule has 3 nitrogen and oxygen atoms in total. The summed E-state index contributed by atoms with van der Waals surface area (Å²) in [5.41, 5.74) is 8.49. The van der Waals surface area contributed by atoms with Crippen molar-refractivity contribution in [3.8, 4) is 11.3 Å². The molecule has 0 N–H and O–H groups in total. The van der Waals surface area contributed by atoms with E-state index in [0.717, 1.165) is 40.7 Å². The molecule has 0 saturated carbocycles. The number of fused-ring (bicyclic) bond motifs is 2. The quantitative estimate of drug-likeness (QED) is 0.437. The summed E-state index contributed by atoms with van der Waals surface area (Å²) in [4.78, 5) is 20.5. The highest BCUT2D eigenvalue weighted by molar-refractivity contribution is 6.07. The van der Waals surface area contributed by atoms with E-state index in [1.165, 1.54) is 22.3 Å². The zero-order valence-corrected chi connectivity index (χ0v) is 17.4. The first-order valence-electron chi connectivity index (χ1n) is 10.4. The van der Waals surface area contributed by atoms with Crippen LogP contribution in [0.25, 0.3) is 22.2 Å². The Hall–Kier alpha value is -3.46. The van der Waals surface area contributed by atoms with Crippen LogP contribution in [0, 0.1) is 13.8 Å². The Morgan fingerprint density at radius 1 is 0.900 bits per heavy atom. The third kappa shape index (κ3) is 3.26. The van der Waals surface area contributed by atoms with Crippen LogP contribution >= 0.6 is 0 Å². The van der Waals surface area contributed by atoms with Gasteiger partial charge < -0.3 is 4.90 Å². The number of aromatic nitrogens is 1. The molecule has 0 atom stereocenters. The number of amides is 1. The lowest BCUT2D eigenvalue weighted by molar-refractivity contribution is 0.0736. The van der Waals surface area contributed by atoms with E-state index in [0.29, 0.717) is 6.54 Å². The molecule has 0 saturated heterocycles. The molecule has 1 aliphatic heterocycles. The molecule has 3 aromatic carbocycles. The van der Waals surface area contributed by atoms with Crippen molar-refractivity contribution < 1.29 is 4.79 Å². The van der Waals surface area contributed by atoms with Crippen LogP contribution in [-0.4, -0.2) is 22.3 Å². The van der Waals surface area contributed by atoms with Gasteiger partial charge in [-0.15, -0.1) is 0 Å². The van der Waals surface area contributed by atoms with Crippen molar-refractivity contribution in [3.05, 3.63) is 101 Å². The number of pyridine rings is 1. The second kappa shape index (κ2) is 7.42. The largest absolute Gasteiger partial charge is 0.334 e. The van der Waals surface area contributed by atoms with Crippen LogP contribution in [0.15, 0.2) is 72.8 Å². The van der Waals surface area contributed by atoms with E-state index >= 15 is 0 Å². The third-order valence-electron chi connectivity index (χ3n) is 6.02. The van der Waals surface area contributed by atoms with E-state index in [1.54, 1.807) is 0 Å². The summed E-state index contributed by atoms with van der Waals surface area (Å²) in [7, 11) is 0. The summed E-state index contributed by atoms with van der Waals surface area (Å²) in [5, 5.41) is 0.912. The average Bonchev–Trinajstić information content (AvgIpc) is 2.77. The van der Waals surface area contributed by atoms with E-state index in [-0.39, 0.29) is 5.91 Å². The fourth-order valence-corrected chi connectivity index (χ4v) is 4.43. The molecule has 4 aromatic rings. The highest BCUT2D eigenvalue weighted by Gasteiger charge is 2.24. The maximum atomic E-state index is 13.6. The van der Waals surface area contributed by atoms with Crippen molar-refractivity contribution in [2.75, 3.05) is 6.54 Å². The van der Waals surface area contributed by atoms with Gasteiger partial charge in [0.1, 0.15) is 0 Å². The zero-order chi connectivity index (χ0) is 20.7. The average molecular weight is 393 g/mol. The predicted molar refractivity (Wildman–Crippen MR) is 122 cm³/mol. The maximum absolute atomic E-state index is 13.6. The number of aryl methyl sites for hydroxylation is 2. The summed E-state index contributed by atoms with van der Waals surface area (Å²) in [6.07, 6.45) is 0.898. The lowest BCUT2D eigenvalue weighted by Crippen LogP contribution is -2.36. The Labute approximate surface area is 177 Å². The molecular formula is C27H24N2O. The second-order valence-corrected chi connectivity index (χ2v) is 8.14. The second-order valence-electron chi connectivity index (χ2n) is 8.14. The molecule has 0 bridgehead atoms. The fourth-order valence-electron chi connectivity index (χ4n) is 4.43. The van der Waals surface area contributed by atoms with Crippen molar-refractivity contribution in [3.63, 3.8) is 0 Å². The standard InChI is InChI=1S/C27H24N2O/c1-18-11-12-22(19(2)15-18)26-16-24(23-9-5-6-10-25(23)28-26)27(30)29-14-13-20-7-3-4-8-21(20)17-29/h3-12,15-16H,13-14,17H2,1-2H3. The summed E-state index contributed by atoms with van der Waals surface area (Å²) in [5.74, 6) is 0.0779. The lowest BCUT2D eigenvalue weighted by Gasteiger charge is -2.29. The number of carbonyl (C=O) groups excluding carboxylic acids is 1. The van der Waals surface area contributed by atoms with E-state index in [9.17, 15) is 4.79 Å². The van der Waals surface area contributed by atoms with Crippen molar-refractivity contribution >= 4 is 16.8 Å². The van der Waals surface area contributed by atoms with Crippen LogP contribution in [0.3, 0.4) is 0 Å². The van der Waals surface area contributed by atoms with Gasteiger partial charge in [0.2, 0.25) is 0 Å². The summed E-state index contributed by atoms with van der Waals surface area (Å²) < 4.78 is 0. The summed E-state index contributed by atoms with van der Waals surface area (Å²) >= 11 is 0. The first-order valence-corrected chi connectivity index (χ1v) is 10.4. The van der Waals surface area contributed by atoms with Gasteiger partial charge in [0.25, 0.3) is 5.91 Å². The minimum absolute atomic E-state index is 0.0779. The number of nitrogens with zero attached hydrogens (tertiary/aromatic N) is 2. The molecule has 0 spiro atoms. The number of hydrogen-bond donors (Lipinski definition) is 0. The normalized spacial score (nSPS) is 13.3. The number of hydrogen-bond acceptors (Lipinski definition) is 2. The minimum atomic E-state index is 0.0779. The van der Waals surface area contributed by atoms with E-state index < -0.39 is 0 Å². The topological polar surface area (TPSA) is 33.2 Å². The number of carbonyl (C=O) groups is 1. The van der Waals surface area contributed by atoms with Crippen LogP contribution in [0.1, 0.15) is 32.6 Å². The van der Waals surface area contributed by atoms with Gasteiger partial charge in [-0.3, -0.25) is 4.79 Å². The predicted octanol–water partition coefficient (Wildman–Crippen LogP) is 5.72. The van der Waals surface area contributed by atoms with Crippen LogP contribution in [0.4, 0.5) is 0 Å². The van der Waals surface area contributed by atoms with Crippen LogP contribution in [-0.2, 0) is 13.0 Å². The summed E-state index contributed by atoms with van der Waals surface area (Å²) in [6, 6.07) is 24.7. The molecule has 3 heteroatoms. The minimum Gasteiger partial charge on any atom is -0.334 e. The SMILES string of the molecule is Cc1ccc(-c2cc(C(=O)N3CCc4ccccc4C3)c3ccccc3n2)c(C)c1. The molecule has 1 aromatic heterocycles. The van der Waals surface area contributed by atoms with E-state index in [2.05, 4.69) is 50.2 Å². The Morgan fingerprint density at radius 3 is 2.50 bits per heavy atom. The van der Waals surface area contributed by atoms with Gasteiger partial charge in [0.15, 0.2) is 0 Å². The first kappa shape index (κ1) is 18.6. The molecule has 2 heterocycles. The molecule has 0 fully saturated rings. The highest BCUT2D eigenvalue weighted by Crippen LogP contribution is 2.29. The van der Waals surface area contributed by atoms with Crippen LogP contribution in [0.2, 0.25) is 0 Å². The van der Waals surface area contributed by atoms with Crippen LogP contribution in [0.5, 0.6) is 0 Å². The van der Waals surface area contributed by atoms with Gasteiger partial charge in [0.05, 0.1) is 16.8 Å². The molecule has 0 radical (unpaired) electrons. The molecule has 0 aliphatic carbocycles. The van der Waals surface area contributed by atoms with Gasteiger partial charge >= 0.3 is 0 Å². The zero-order valence-electron chi connectivity index (χ0n) is 17.4. The van der Waals surface area contributed by atoms with Crippen molar-refractivity contribution in [2.45, 2.75) is 26.8 Å². The van der Waals surface area contributed by atoms with Crippen molar-refractivity contribution in [1.29, 1.82) is 0 Å². The monoisotopic (exact) mass is 392 g/mol. The molecule has 0 unspecified atom stereocenters.